The van der Waals surface area contributed by atoms with Crippen LogP contribution in [0.15, 0.2) is 71.8 Å². The van der Waals surface area contributed by atoms with Crippen LogP contribution in [0.5, 0.6) is 23.0 Å². The van der Waals surface area contributed by atoms with Gasteiger partial charge in [0.2, 0.25) is 5.75 Å². The molecule has 8 nitrogen and oxygen atoms in total. The van der Waals surface area contributed by atoms with E-state index >= 15 is 0 Å². The maximum absolute atomic E-state index is 13.2. The lowest BCUT2D eigenvalue weighted by molar-refractivity contribution is 0.0956. The molecule has 3 aromatic carbocycles. The minimum absolute atomic E-state index is 0.369. The van der Waals surface area contributed by atoms with Crippen LogP contribution in [-0.4, -0.2) is 45.0 Å². The van der Waals surface area contributed by atoms with Crippen LogP contribution >= 0.6 is 0 Å². The van der Waals surface area contributed by atoms with Gasteiger partial charge in [-0.15, -0.1) is 0 Å². The molecule has 1 heterocycles. The summed E-state index contributed by atoms with van der Waals surface area (Å²) in [7, 11) is 4.60. The summed E-state index contributed by atoms with van der Waals surface area (Å²) in [6.07, 6.45) is 1.49. The molecule has 0 fully saturated rings. The van der Waals surface area contributed by atoms with Crippen molar-refractivity contribution in [2.24, 2.45) is 5.10 Å². The molecule has 36 heavy (non-hydrogen) atoms. The van der Waals surface area contributed by atoms with Crippen molar-refractivity contribution in [3.63, 3.8) is 0 Å². The van der Waals surface area contributed by atoms with Gasteiger partial charge in [0.1, 0.15) is 5.75 Å². The highest BCUT2D eigenvalue weighted by Gasteiger charge is 2.16. The maximum atomic E-state index is 13.2. The Morgan fingerprint density at radius 2 is 1.75 bits per heavy atom. The number of carbonyl (C=O) groups is 1. The number of fused-ring (bicyclic) bond motifs is 1. The van der Waals surface area contributed by atoms with Crippen molar-refractivity contribution in [2.45, 2.75) is 6.92 Å². The van der Waals surface area contributed by atoms with Gasteiger partial charge >= 0.3 is 0 Å². The van der Waals surface area contributed by atoms with Gasteiger partial charge in [-0.25, -0.2) is 10.4 Å². The lowest BCUT2D eigenvalue weighted by Gasteiger charge is -2.13. The number of nitrogens with zero attached hydrogens (tertiary/aromatic N) is 2. The number of aromatic nitrogens is 1. The molecule has 0 aliphatic rings. The number of hydrogen-bond acceptors (Lipinski definition) is 7. The number of nitrogens with one attached hydrogen (secondary N) is 1. The Morgan fingerprint density at radius 3 is 2.50 bits per heavy atom. The molecule has 184 valence electrons. The van der Waals surface area contributed by atoms with Crippen LogP contribution in [0.1, 0.15) is 22.8 Å². The molecule has 4 rings (SSSR count). The predicted molar refractivity (Wildman–Crippen MR) is 140 cm³/mol. The first-order valence-electron chi connectivity index (χ1n) is 11.3. The van der Waals surface area contributed by atoms with Crippen molar-refractivity contribution in [1.82, 2.24) is 10.4 Å². The topological polar surface area (TPSA) is 91.3 Å². The monoisotopic (exact) mass is 485 g/mol. The molecule has 0 saturated heterocycles. The fourth-order valence-electron chi connectivity index (χ4n) is 3.87. The number of methoxy groups -OCH3 is 3. The molecule has 1 N–H and O–H groups in total. The molecule has 1 amide bonds. The maximum Gasteiger partial charge on any atom is 0.272 e. The average Bonchev–Trinajstić information content (AvgIpc) is 2.92. The minimum Gasteiger partial charge on any atom is -0.494 e. The Kier molecular flexibility index (Phi) is 7.65. The normalized spacial score (nSPS) is 10.9. The van der Waals surface area contributed by atoms with Crippen LogP contribution in [0.3, 0.4) is 0 Å². The van der Waals surface area contributed by atoms with Gasteiger partial charge in [-0.1, -0.05) is 30.3 Å². The summed E-state index contributed by atoms with van der Waals surface area (Å²) >= 11 is 0. The number of rotatable bonds is 9. The molecule has 0 unspecified atom stereocenters. The van der Waals surface area contributed by atoms with Gasteiger partial charge in [-0.2, -0.15) is 5.10 Å². The number of para-hydroxylation sites is 1. The average molecular weight is 486 g/mol. The predicted octanol–water partition coefficient (Wildman–Crippen LogP) is 5.09. The van der Waals surface area contributed by atoms with E-state index in [1.807, 2.05) is 55.5 Å². The van der Waals surface area contributed by atoms with Gasteiger partial charge in [0.25, 0.3) is 5.91 Å². The Balaban J connectivity index is 1.66. The zero-order chi connectivity index (χ0) is 25.5. The van der Waals surface area contributed by atoms with Gasteiger partial charge in [0.05, 0.1) is 50.9 Å². The molecular weight excluding hydrogens is 458 g/mol. The molecule has 0 radical (unpaired) electrons. The molecule has 0 atom stereocenters. The summed E-state index contributed by atoms with van der Waals surface area (Å²) < 4.78 is 21.8. The number of hydrogen-bond donors (Lipinski definition) is 1. The summed E-state index contributed by atoms with van der Waals surface area (Å²) in [4.78, 5) is 18.0. The number of hydrazone groups is 1. The van der Waals surface area contributed by atoms with E-state index in [1.165, 1.54) is 20.4 Å². The number of carbonyl (C=O) groups excluding carboxylic acids is 1. The second-order valence-electron chi connectivity index (χ2n) is 7.66. The minimum atomic E-state index is -0.369. The Bertz CT molecular complexity index is 1420. The first kappa shape index (κ1) is 24.5. The van der Waals surface area contributed by atoms with Crippen molar-refractivity contribution >= 4 is 23.0 Å². The molecule has 0 spiro atoms. The summed E-state index contributed by atoms with van der Waals surface area (Å²) in [6.45, 7) is 2.49. The molecule has 0 saturated carbocycles. The SMILES string of the molecule is CCOc1cccc(-c2cc(C(=O)NN=Cc3ccc(OC)c(OC)c3OC)c3ccccc3n2)c1. The standard InChI is InChI=1S/C28H27N3O5/c1-5-36-20-10-8-9-18(15-20)24-16-22(21-11-6-7-12-23(21)30-24)28(32)31-29-17-19-13-14-25(33-2)27(35-4)26(19)34-3/h6-17H,5H2,1-4H3,(H,31,32). The second kappa shape index (κ2) is 11.2. The zero-order valence-electron chi connectivity index (χ0n) is 20.6. The first-order chi connectivity index (χ1) is 17.6. The van der Waals surface area contributed by atoms with E-state index in [0.717, 1.165) is 16.7 Å². The van der Waals surface area contributed by atoms with Crippen molar-refractivity contribution in [3.8, 4) is 34.3 Å². The third kappa shape index (κ3) is 5.07. The van der Waals surface area contributed by atoms with Crippen molar-refractivity contribution in [3.05, 3.63) is 77.9 Å². The highest BCUT2D eigenvalue weighted by molar-refractivity contribution is 6.07. The lowest BCUT2D eigenvalue weighted by Crippen LogP contribution is -2.18. The first-order valence-corrected chi connectivity index (χ1v) is 11.3. The summed E-state index contributed by atoms with van der Waals surface area (Å²) in [5.41, 5.74) is 5.89. The van der Waals surface area contributed by atoms with Crippen LogP contribution in [0.25, 0.3) is 22.2 Å². The summed E-state index contributed by atoms with van der Waals surface area (Å²) in [5.74, 6) is 1.78. The van der Waals surface area contributed by atoms with Gasteiger partial charge in [0.15, 0.2) is 11.5 Å². The largest absolute Gasteiger partial charge is 0.494 e. The third-order valence-electron chi connectivity index (χ3n) is 5.51. The van der Waals surface area contributed by atoms with Gasteiger partial charge in [-0.3, -0.25) is 4.79 Å². The highest BCUT2D eigenvalue weighted by Crippen LogP contribution is 2.39. The van der Waals surface area contributed by atoms with Gasteiger partial charge in [-0.05, 0) is 43.3 Å². The fourth-order valence-corrected chi connectivity index (χ4v) is 3.87. The number of amides is 1. The third-order valence-corrected chi connectivity index (χ3v) is 5.51. The Morgan fingerprint density at radius 1 is 0.944 bits per heavy atom. The van der Waals surface area contributed by atoms with Gasteiger partial charge < -0.3 is 18.9 Å². The van der Waals surface area contributed by atoms with E-state index in [1.54, 1.807) is 25.3 Å². The molecule has 4 aromatic rings. The Hall–Kier alpha value is -4.59. The number of ether oxygens (including phenoxy) is 4. The molecule has 1 aromatic heterocycles. The van der Waals surface area contributed by atoms with Crippen molar-refractivity contribution < 1.29 is 23.7 Å². The van der Waals surface area contributed by atoms with Crippen LogP contribution in [0.4, 0.5) is 0 Å². The molecule has 0 aliphatic carbocycles. The quantitative estimate of drug-likeness (QED) is 0.262. The molecule has 0 bridgehead atoms. The van der Waals surface area contributed by atoms with Crippen LogP contribution in [0, 0.1) is 0 Å². The second-order valence-corrected chi connectivity index (χ2v) is 7.66. The van der Waals surface area contributed by atoms with E-state index in [9.17, 15) is 4.79 Å². The number of benzene rings is 3. The van der Waals surface area contributed by atoms with Gasteiger partial charge in [0, 0.05) is 16.5 Å². The van der Waals surface area contributed by atoms with Crippen LogP contribution in [0.2, 0.25) is 0 Å². The fraction of sp³-hybridized carbons (Fsp3) is 0.179. The highest BCUT2D eigenvalue weighted by atomic mass is 16.5. The van der Waals surface area contributed by atoms with Crippen molar-refractivity contribution in [1.29, 1.82) is 0 Å². The molecule has 0 aliphatic heterocycles. The van der Waals surface area contributed by atoms with Crippen molar-refractivity contribution in [2.75, 3.05) is 27.9 Å². The smallest absolute Gasteiger partial charge is 0.272 e. The molecular formula is C28H27N3O5. The van der Waals surface area contributed by atoms with E-state index < -0.39 is 0 Å². The summed E-state index contributed by atoms with van der Waals surface area (Å²) in [5, 5.41) is 4.88. The Labute approximate surface area is 209 Å². The zero-order valence-corrected chi connectivity index (χ0v) is 20.6. The lowest BCUT2D eigenvalue weighted by atomic mass is 10.0. The number of pyridine rings is 1. The molecule has 8 heteroatoms. The summed E-state index contributed by atoms with van der Waals surface area (Å²) in [6, 6.07) is 20.4. The van der Waals surface area contributed by atoms with Crippen LogP contribution < -0.4 is 24.4 Å². The van der Waals surface area contributed by atoms with E-state index in [-0.39, 0.29) is 5.91 Å². The van der Waals surface area contributed by atoms with E-state index in [0.29, 0.717) is 46.2 Å². The van der Waals surface area contributed by atoms with E-state index in [4.69, 9.17) is 23.9 Å². The van der Waals surface area contributed by atoms with E-state index in [2.05, 4.69) is 10.5 Å². The van der Waals surface area contributed by atoms with Crippen LogP contribution in [-0.2, 0) is 0 Å².